The molecule has 1 saturated carbocycles. The van der Waals surface area contributed by atoms with E-state index in [0.29, 0.717) is 40.7 Å². The molecule has 1 aromatic carbocycles. The number of carbonyl (C=O) groups excluding carboxylic acids is 1. The first-order valence-electron chi connectivity index (χ1n) is 12.1. The minimum absolute atomic E-state index is 0.220. The third kappa shape index (κ3) is 5.76. The van der Waals surface area contributed by atoms with Crippen molar-refractivity contribution in [1.82, 2.24) is 9.97 Å². The highest BCUT2D eigenvalue weighted by atomic mass is 35.5. The first-order chi connectivity index (χ1) is 18.1. The van der Waals surface area contributed by atoms with E-state index >= 15 is 0 Å². The van der Waals surface area contributed by atoms with E-state index in [-0.39, 0.29) is 18.4 Å². The van der Waals surface area contributed by atoms with Crippen LogP contribution in [0.15, 0.2) is 48.2 Å². The summed E-state index contributed by atoms with van der Waals surface area (Å²) in [5, 5.41) is 21.0. The Kier molecular flexibility index (Phi) is 7.83. The number of aliphatic hydroxyl groups excluding tert-OH is 1. The number of nitrogens with two attached hydrogens (primary N) is 1. The van der Waals surface area contributed by atoms with Crippen LogP contribution in [0, 0.1) is 5.92 Å². The fourth-order valence-electron chi connectivity index (χ4n) is 5.19. The summed E-state index contributed by atoms with van der Waals surface area (Å²) in [7, 11) is -4.10. The van der Waals surface area contributed by atoms with Crippen LogP contribution in [0.3, 0.4) is 0 Å². The first kappa shape index (κ1) is 27.1. The smallest absolute Gasteiger partial charge is 0.333 e. The highest BCUT2D eigenvalue weighted by molar-refractivity contribution is 7.84. The van der Waals surface area contributed by atoms with Crippen molar-refractivity contribution >= 4 is 44.8 Å². The highest BCUT2D eigenvalue weighted by Crippen LogP contribution is 2.44. The number of rotatable bonds is 9. The van der Waals surface area contributed by atoms with Crippen LogP contribution in [0.4, 0.5) is 5.82 Å². The number of ketones is 1. The van der Waals surface area contributed by atoms with Gasteiger partial charge in [0.05, 0.1) is 23.2 Å². The topological polar surface area (TPSA) is 154 Å². The lowest BCUT2D eigenvalue weighted by atomic mass is 9.85. The molecule has 202 valence electrons. The second kappa shape index (κ2) is 11.0. The van der Waals surface area contributed by atoms with E-state index in [0.717, 1.165) is 24.0 Å². The zero-order chi connectivity index (χ0) is 26.9. The van der Waals surface area contributed by atoms with Crippen molar-refractivity contribution in [3.05, 3.63) is 74.8 Å². The maximum absolute atomic E-state index is 13.6. The number of hydrogen-bond donors (Lipinski definition) is 3. The molecule has 4 N–H and O–H groups in total. The third-order valence-electron chi connectivity index (χ3n) is 7.00. The van der Waals surface area contributed by atoms with Gasteiger partial charge in [0, 0.05) is 29.8 Å². The Balaban J connectivity index is 1.35. The average molecular weight is 579 g/mol. The van der Waals surface area contributed by atoms with Gasteiger partial charge in [0.1, 0.15) is 17.7 Å². The van der Waals surface area contributed by atoms with Gasteiger partial charge in [-0.2, -0.15) is 8.42 Å². The van der Waals surface area contributed by atoms with Crippen molar-refractivity contribution in [3.8, 4) is 0 Å². The molecule has 4 atom stereocenters. The normalized spacial score (nSPS) is 25.5. The minimum Gasteiger partial charge on any atom is -0.393 e. The Morgan fingerprint density at radius 3 is 2.89 bits per heavy atom. The van der Waals surface area contributed by atoms with Gasteiger partial charge < -0.3 is 15.2 Å². The Hall–Kier alpha value is -2.45. The molecule has 3 aromatic rings. The van der Waals surface area contributed by atoms with E-state index in [1.165, 1.54) is 23.9 Å². The molecule has 0 amide bonds. The third-order valence-corrected chi connectivity index (χ3v) is 8.63. The van der Waals surface area contributed by atoms with E-state index in [2.05, 4.69) is 19.5 Å². The van der Waals surface area contributed by atoms with Gasteiger partial charge in [0.25, 0.3) is 0 Å². The largest absolute Gasteiger partial charge is 0.393 e. The standard InChI is InChI=1S/C25H27ClN4O6S2/c26-18-4-1-3-16(8-18)25(5-2-6-35-25)17-9-22(37-13-17)23(32)20-11-28-14-29-24(20)30-19-7-15(21(31)10-19)12-36-38(27,33)34/h1,3-4,8-9,11,13-15,19,21,31H,2,5-7,10,12H2,(H2,27,33,34)(H,28,29,30)/t15-,19-,21+,25?/m1/s1. The van der Waals surface area contributed by atoms with Gasteiger partial charge in [-0.1, -0.05) is 23.7 Å². The molecule has 13 heteroatoms. The monoisotopic (exact) mass is 578 g/mol. The van der Waals surface area contributed by atoms with Crippen molar-refractivity contribution in [1.29, 1.82) is 0 Å². The number of aliphatic hydroxyl groups is 1. The summed E-state index contributed by atoms with van der Waals surface area (Å²) in [5.74, 6) is -0.330. The molecular weight excluding hydrogens is 552 g/mol. The van der Waals surface area contributed by atoms with E-state index < -0.39 is 27.9 Å². The molecule has 2 aliphatic rings. The molecule has 0 radical (unpaired) electrons. The molecule has 0 bridgehead atoms. The van der Waals surface area contributed by atoms with Crippen molar-refractivity contribution in [2.45, 2.75) is 43.4 Å². The van der Waals surface area contributed by atoms with E-state index in [1.54, 1.807) is 0 Å². The maximum Gasteiger partial charge on any atom is 0.333 e. The summed E-state index contributed by atoms with van der Waals surface area (Å²) in [6, 6.07) is 9.20. The zero-order valence-corrected chi connectivity index (χ0v) is 22.6. The molecule has 2 aromatic heterocycles. The number of halogens is 1. The van der Waals surface area contributed by atoms with E-state index in [4.69, 9.17) is 21.5 Å². The fraction of sp³-hybridized carbons (Fsp3) is 0.400. The number of carbonyl (C=O) groups is 1. The van der Waals surface area contributed by atoms with Gasteiger partial charge in [-0.05, 0) is 60.4 Å². The molecule has 5 rings (SSSR count). The quantitative estimate of drug-likeness (QED) is 0.325. The highest BCUT2D eigenvalue weighted by Gasteiger charge is 2.40. The second-order valence-electron chi connectivity index (χ2n) is 9.52. The molecule has 1 unspecified atom stereocenters. The second-order valence-corrected chi connectivity index (χ2v) is 12.1. The number of nitrogens with one attached hydrogen (secondary N) is 1. The van der Waals surface area contributed by atoms with Crippen LogP contribution in [0.25, 0.3) is 0 Å². The Morgan fingerprint density at radius 1 is 1.32 bits per heavy atom. The number of aromatic nitrogens is 2. The van der Waals surface area contributed by atoms with E-state index in [1.807, 2.05) is 35.7 Å². The van der Waals surface area contributed by atoms with Crippen LogP contribution in [-0.4, -0.2) is 54.6 Å². The lowest BCUT2D eigenvalue weighted by Gasteiger charge is -2.28. The lowest BCUT2D eigenvalue weighted by Crippen LogP contribution is -2.25. The van der Waals surface area contributed by atoms with E-state index in [9.17, 15) is 18.3 Å². The molecule has 2 fully saturated rings. The van der Waals surface area contributed by atoms with Crippen molar-refractivity contribution < 1.29 is 27.2 Å². The van der Waals surface area contributed by atoms with Gasteiger partial charge in [-0.25, -0.2) is 15.1 Å². The van der Waals surface area contributed by atoms with Crippen LogP contribution < -0.4 is 10.5 Å². The van der Waals surface area contributed by atoms with Gasteiger partial charge in [-0.3, -0.25) is 8.98 Å². The van der Waals surface area contributed by atoms with Crippen LogP contribution >= 0.6 is 22.9 Å². The van der Waals surface area contributed by atoms with Crippen LogP contribution in [0.1, 0.15) is 52.0 Å². The number of anilines is 1. The number of hydrogen-bond acceptors (Lipinski definition) is 10. The molecule has 38 heavy (non-hydrogen) atoms. The Bertz CT molecular complexity index is 1430. The van der Waals surface area contributed by atoms with Gasteiger partial charge in [0.15, 0.2) is 0 Å². The summed E-state index contributed by atoms with van der Waals surface area (Å²) in [4.78, 5) is 22.4. The van der Waals surface area contributed by atoms with Gasteiger partial charge >= 0.3 is 10.3 Å². The molecule has 1 saturated heterocycles. The number of nitrogens with zero attached hydrogens (tertiary/aromatic N) is 2. The predicted octanol–water partition coefficient (Wildman–Crippen LogP) is 3.25. The summed E-state index contributed by atoms with van der Waals surface area (Å²) >= 11 is 7.60. The van der Waals surface area contributed by atoms with Crippen molar-refractivity contribution in [2.24, 2.45) is 11.1 Å². The Morgan fingerprint density at radius 2 is 2.16 bits per heavy atom. The molecule has 3 heterocycles. The molecule has 1 aliphatic heterocycles. The van der Waals surface area contributed by atoms with Gasteiger partial charge in [0.2, 0.25) is 5.78 Å². The molecule has 0 spiro atoms. The van der Waals surface area contributed by atoms with Gasteiger partial charge in [-0.15, -0.1) is 11.3 Å². The lowest BCUT2D eigenvalue weighted by molar-refractivity contribution is 0.0363. The summed E-state index contributed by atoms with van der Waals surface area (Å²) < 4.78 is 33.1. The maximum atomic E-state index is 13.6. The summed E-state index contributed by atoms with van der Waals surface area (Å²) in [6.07, 6.45) is 4.43. The van der Waals surface area contributed by atoms with Crippen LogP contribution in [0.2, 0.25) is 5.02 Å². The number of thiophene rings is 1. The van der Waals surface area contributed by atoms with Crippen LogP contribution in [-0.2, 0) is 24.8 Å². The average Bonchev–Trinajstić information content (AvgIpc) is 3.63. The number of benzene rings is 1. The zero-order valence-electron chi connectivity index (χ0n) is 20.2. The molecule has 10 nitrogen and oxygen atoms in total. The fourth-order valence-corrected chi connectivity index (χ4v) is 6.67. The Labute approximate surface area is 229 Å². The first-order valence-corrected chi connectivity index (χ1v) is 14.8. The molecular formula is C25H27ClN4O6S2. The van der Waals surface area contributed by atoms with Crippen molar-refractivity contribution in [3.63, 3.8) is 0 Å². The summed E-state index contributed by atoms with van der Waals surface area (Å²) in [5.41, 5.74) is 1.48. The van der Waals surface area contributed by atoms with Crippen molar-refractivity contribution in [2.75, 3.05) is 18.5 Å². The van der Waals surface area contributed by atoms with Crippen LogP contribution in [0.5, 0.6) is 0 Å². The summed E-state index contributed by atoms with van der Waals surface area (Å²) in [6.45, 7) is 0.394. The SMILES string of the molecule is NS(=O)(=O)OC[C@H]1C[C@@H](Nc2ncncc2C(=O)c2cc(C3(c4cccc(Cl)c4)CCCO3)cs2)C[C@@H]1O. The predicted molar refractivity (Wildman–Crippen MR) is 142 cm³/mol. The number of ether oxygens (including phenoxy) is 1. The molecule has 1 aliphatic carbocycles. The minimum atomic E-state index is -4.10.